The third-order valence-electron chi connectivity index (χ3n) is 2.70. The summed E-state index contributed by atoms with van der Waals surface area (Å²) in [6, 6.07) is 5.10. The number of hydrogen-bond acceptors (Lipinski definition) is 3. The average Bonchev–Trinajstić information content (AvgIpc) is 2.33. The van der Waals surface area contributed by atoms with Gasteiger partial charge in [-0.15, -0.1) is 0 Å². The molecule has 2 rings (SSSR count). The van der Waals surface area contributed by atoms with Crippen LogP contribution in [-0.2, 0) is 0 Å². The molecule has 1 heterocycles. The molecule has 0 saturated heterocycles. The quantitative estimate of drug-likeness (QED) is 0.899. The molecule has 0 amide bonds. The molecule has 0 atom stereocenters. The standard InChI is InChI=1S/C14H17FN2O/c1-4-16-14-9(3)6-10-7-13(18-5-2)11(15)8-12(10)17-14/h6-8H,4-5H2,1-3H3,(H,16,17). The van der Waals surface area contributed by atoms with Crippen molar-refractivity contribution in [1.29, 1.82) is 0 Å². The van der Waals surface area contributed by atoms with Gasteiger partial charge < -0.3 is 10.1 Å². The molecular weight excluding hydrogens is 231 g/mol. The van der Waals surface area contributed by atoms with Crippen molar-refractivity contribution < 1.29 is 9.13 Å². The fraction of sp³-hybridized carbons (Fsp3) is 0.357. The first-order chi connectivity index (χ1) is 8.65. The molecule has 0 radical (unpaired) electrons. The van der Waals surface area contributed by atoms with E-state index in [2.05, 4.69) is 10.3 Å². The summed E-state index contributed by atoms with van der Waals surface area (Å²) in [4.78, 5) is 4.42. The van der Waals surface area contributed by atoms with Crippen molar-refractivity contribution in [2.45, 2.75) is 20.8 Å². The zero-order chi connectivity index (χ0) is 13.1. The molecular formula is C14H17FN2O. The number of fused-ring (bicyclic) bond motifs is 1. The highest BCUT2D eigenvalue weighted by molar-refractivity contribution is 5.83. The van der Waals surface area contributed by atoms with Crippen molar-refractivity contribution in [3.05, 3.63) is 29.6 Å². The molecule has 0 aliphatic rings. The van der Waals surface area contributed by atoms with Crippen LogP contribution in [0, 0.1) is 12.7 Å². The van der Waals surface area contributed by atoms with Gasteiger partial charge in [0.15, 0.2) is 11.6 Å². The first kappa shape index (κ1) is 12.6. The maximum absolute atomic E-state index is 13.7. The highest BCUT2D eigenvalue weighted by Gasteiger charge is 2.09. The molecule has 3 nitrogen and oxygen atoms in total. The van der Waals surface area contributed by atoms with Crippen molar-refractivity contribution in [2.75, 3.05) is 18.5 Å². The second-order valence-electron chi connectivity index (χ2n) is 4.09. The van der Waals surface area contributed by atoms with Crippen LogP contribution in [0.15, 0.2) is 18.2 Å². The van der Waals surface area contributed by atoms with Gasteiger partial charge in [-0.05, 0) is 38.5 Å². The van der Waals surface area contributed by atoms with Gasteiger partial charge in [0.05, 0.1) is 12.1 Å². The lowest BCUT2D eigenvalue weighted by Crippen LogP contribution is -2.02. The van der Waals surface area contributed by atoms with E-state index in [4.69, 9.17) is 4.74 Å². The summed E-state index contributed by atoms with van der Waals surface area (Å²) in [5, 5.41) is 4.05. The maximum atomic E-state index is 13.7. The molecule has 0 bridgehead atoms. The predicted octanol–water partition coefficient (Wildman–Crippen LogP) is 3.51. The van der Waals surface area contributed by atoms with Gasteiger partial charge in [-0.2, -0.15) is 0 Å². The number of benzene rings is 1. The molecule has 18 heavy (non-hydrogen) atoms. The molecule has 0 saturated carbocycles. The summed E-state index contributed by atoms with van der Waals surface area (Å²) in [7, 11) is 0. The van der Waals surface area contributed by atoms with E-state index in [9.17, 15) is 4.39 Å². The monoisotopic (exact) mass is 248 g/mol. The van der Waals surface area contributed by atoms with Crippen molar-refractivity contribution in [3.63, 3.8) is 0 Å². The minimum absolute atomic E-state index is 0.280. The molecule has 1 aromatic heterocycles. The Morgan fingerprint density at radius 1 is 1.28 bits per heavy atom. The SMILES string of the molecule is CCNc1nc2cc(F)c(OCC)cc2cc1C. The normalized spacial score (nSPS) is 10.7. The van der Waals surface area contributed by atoms with E-state index in [1.807, 2.05) is 26.8 Å². The third-order valence-corrected chi connectivity index (χ3v) is 2.70. The summed E-state index contributed by atoms with van der Waals surface area (Å²) in [5.41, 5.74) is 1.68. The van der Waals surface area contributed by atoms with Gasteiger partial charge in [-0.25, -0.2) is 9.37 Å². The number of anilines is 1. The van der Waals surface area contributed by atoms with E-state index >= 15 is 0 Å². The highest BCUT2D eigenvalue weighted by Crippen LogP contribution is 2.26. The fourth-order valence-corrected chi connectivity index (χ4v) is 1.89. The Morgan fingerprint density at radius 2 is 2.06 bits per heavy atom. The molecule has 0 unspecified atom stereocenters. The van der Waals surface area contributed by atoms with Gasteiger partial charge >= 0.3 is 0 Å². The van der Waals surface area contributed by atoms with Gasteiger partial charge in [-0.1, -0.05) is 0 Å². The molecule has 1 N–H and O–H groups in total. The van der Waals surface area contributed by atoms with Crippen LogP contribution in [0.1, 0.15) is 19.4 Å². The fourth-order valence-electron chi connectivity index (χ4n) is 1.89. The number of pyridine rings is 1. The first-order valence-electron chi connectivity index (χ1n) is 6.13. The highest BCUT2D eigenvalue weighted by atomic mass is 19.1. The number of aromatic nitrogens is 1. The lowest BCUT2D eigenvalue weighted by molar-refractivity contribution is 0.322. The third kappa shape index (κ3) is 2.37. The van der Waals surface area contributed by atoms with Gasteiger partial charge in [0, 0.05) is 18.0 Å². The molecule has 0 fully saturated rings. The topological polar surface area (TPSA) is 34.2 Å². The number of aryl methyl sites for hydroxylation is 1. The minimum atomic E-state index is -0.372. The lowest BCUT2D eigenvalue weighted by Gasteiger charge is -2.10. The summed E-state index contributed by atoms with van der Waals surface area (Å²) in [6.45, 7) is 7.06. The lowest BCUT2D eigenvalue weighted by atomic mass is 10.1. The van der Waals surface area contributed by atoms with E-state index in [1.165, 1.54) is 6.07 Å². The number of nitrogens with one attached hydrogen (secondary N) is 1. The van der Waals surface area contributed by atoms with E-state index < -0.39 is 0 Å². The molecule has 0 spiro atoms. The Labute approximate surface area is 106 Å². The van der Waals surface area contributed by atoms with Crippen molar-refractivity contribution in [3.8, 4) is 5.75 Å². The van der Waals surface area contributed by atoms with Crippen LogP contribution in [0.5, 0.6) is 5.75 Å². The molecule has 4 heteroatoms. The van der Waals surface area contributed by atoms with Crippen LogP contribution in [-0.4, -0.2) is 18.1 Å². The van der Waals surface area contributed by atoms with Crippen LogP contribution in [0.25, 0.3) is 10.9 Å². The van der Waals surface area contributed by atoms with Gasteiger partial charge in [0.1, 0.15) is 5.82 Å². The van der Waals surface area contributed by atoms with Gasteiger partial charge in [0.2, 0.25) is 0 Å². The molecule has 0 aliphatic carbocycles. The van der Waals surface area contributed by atoms with E-state index in [-0.39, 0.29) is 11.6 Å². The van der Waals surface area contributed by atoms with Gasteiger partial charge in [0.25, 0.3) is 0 Å². The number of hydrogen-bond donors (Lipinski definition) is 1. The first-order valence-corrected chi connectivity index (χ1v) is 6.13. The number of rotatable bonds is 4. The Hall–Kier alpha value is -1.84. The van der Waals surface area contributed by atoms with Crippen LogP contribution in [0.3, 0.4) is 0 Å². The maximum Gasteiger partial charge on any atom is 0.167 e. The second-order valence-corrected chi connectivity index (χ2v) is 4.09. The second kappa shape index (κ2) is 5.21. The smallest absolute Gasteiger partial charge is 0.167 e. The summed E-state index contributed by atoms with van der Waals surface area (Å²) < 4.78 is 19.0. The number of nitrogens with zero attached hydrogens (tertiary/aromatic N) is 1. The Morgan fingerprint density at radius 3 is 2.72 bits per heavy atom. The molecule has 0 aliphatic heterocycles. The Balaban J connectivity index is 2.55. The molecule has 1 aromatic carbocycles. The largest absolute Gasteiger partial charge is 0.491 e. The average molecular weight is 248 g/mol. The van der Waals surface area contributed by atoms with Crippen LogP contribution in [0.4, 0.5) is 10.2 Å². The van der Waals surface area contributed by atoms with Crippen molar-refractivity contribution in [1.82, 2.24) is 4.98 Å². The molecule has 2 aromatic rings. The summed E-state index contributed by atoms with van der Waals surface area (Å²) in [5.74, 6) is 0.708. The summed E-state index contributed by atoms with van der Waals surface area (Å²) >= 11 is 0. The number of ether oxygens (including phenoxy) is 1. The molecule has 96 valence electrons. The Bertz CT molecular complexity index is 518. The van der Waals surface area contributed by atoms with Crippen molar-refractivity contribution in [2.24, 2.45) is 0 Å². The van der Waals surface area contributed by atoms with Crippen LogP contribution in [0.2, 0.25) is 0 Å². The Kier molecular flexibility index (Phi) is 3.65. The summed E-state index contributed by atoms with van der Waals surface area (Å²) in [6.07, 6.45) is 0. The van der Waals surface area contributed by atoms with Crippen molar-refractivity contribution >= 4 is 16.7 Å². The zero-order valence-electron chi connectivity index (χ0n) is 10.9. The number of halogens is 1. The van der Waals surface area contributed by atoms with Crippen LogP contribution >= 0.6 is 0 Å². The van der Waals surface area contributed by atoms with E-state index in [0.29, 0.717) is 12.1 Å². The van der Waals surface area contributed by atoms with E-state index in [0.717, 1.165) is 23.3 Å². The van der Waals surface area contributed by atoms with Gasteiger partial charge in [-0.3, -0.25) is 0 Å². The predicted molar refractivity (Wildman–Crippen MR) is 71.8 cm³/mol. The zero-order valence-corrected chi connectivity index (χ0v) is 10.9. The minimum Gasteiger partial charge on any atom is -0.491 e. The van der Waals surface area contributed by atoms with Crippen LogP contribution < -0.4 is 10.1 Å². The van der Waals surface area contributed by atoms with E-state index in [1.54, 1.807) is 6.07 Å².